The van der Waals surface area contributed by atoms with Crippen molar-refractivity contribution in [3.63, 3.8) is 0 Å². The van der Waals surface area contributed by atoms with Crippen molar-refractivity contribution in [2.75, 3.05) is 6.61 Å². The van der Waals surface area contributed by atoms with Crippen molar-refractivity contribution in [3.05, 3.63) is 35.0 Å². The summed E-state index contributed by atoms with van der Waals surface area (Å²) in [6, 6.07) is 3.89. The third-order valence-corrected chi connectivity index (χ3v) is 3.29. The molecule has 0 saturated carbocycles. The summed E-state index contributed by atoms with van der Waals surface area (Å²) in [5.41, 5.74) is 2.69. The highest BCUT2D eigenvalue weighted by Gasteiger charge is 2.11. The number of thiazole rings is 1. The smallest absolute Gasteiger partial charge is 0.311 e. The van der Waals surface area contributed by atoms with Gasteiger partial charge in [0.25, 0.3) is 0 Å². The molecule has 0 aliphatic carbocycles. The lowest BCUT2D eigenvalue weighted by atomic mass is 10.2. The molecule has 0 unspecified atom stereocenters. The monoisotopic (exact) mass is 262 g/mol. The zero-order valence-electron chi connectivity index (χ0n) is 10.3. The van der Waals surface area contributed by atoms with Crippen molar-refractivity contribution in [1.29, 1.82) is 0 Å². The van der Waals surface area contributed by atoms with Crippen LogP contribution < -0.4 is 0 Å². The summed E-state index contributed by atoms with van der Waals surface area (Å²) in [5, 5.41) is 2.72. The van der Waals surface area contributed by atoms with E-state index in [0.717, 1.165) is 22.0 Å². The molecule has 0 N–H and O–H groups in total. The Morgan fingerprint density at radius 1 is 1.50 bits per heavy atom. The second-order valence-corrected chi connectivity index (χ2v) is 4.65. The van der Waals surface area contributed by atoms with Crippen LogP contribution in [-0.2, 0) is 16.0 Å². The molecule has 2 aromatic rings. The van der Waals surface area contributed by atoms with Crippen LogP contribution in [0.3, 0.4) is 0 Å². The quantitative estimate of drug-likeness (QED) is 0.795. The number of rotatable bonds is 4. The lowest BCUT2D eigenvalue weighted by Gasteiger charge is -2.00. The molecule has 0 saturated heterocycles. The van der Waals surface area contributed by atoms with Crippen LogP contribution in [0.5, 0.6) is 0 Å². The minimum Gasteiger partial charge on any atom is -0.466 e. The number of carbonyl (C=O) groups excluding carboxylic acids is 1. The first-order chi connectivity index (χ1) is 8.70. The Balaban J connectivity index is 2.16. The first-order valence-electron chi connectivity index (χ1n) is 5.72. The van der Waals surface area contributed by atoms with Gasteiger partial charge in [0.15, 0.2) is 0 Å². The summed E-state index contributed by atoms with van der Waals surface area (Å²) in [4.78, 5) is 20.1. The van der Waals surface area contributed by atoms with Gasteiger partial charge in [-0.3, -0.25) is 9.78 Å². The van der Waals surface area contributed by atoms with Gasteiger partial charge in [0.2, 0.25) is 0 Å². The van der Waals surface area contributed by atoms with E-state index < -0.39 is 0 Å². The second-order valence-electron chi connectivity index (χ2n) is 3.79. The molecule has 2 rings (SSSR count). The number of hydrogen-bond donors (Lipinski definition) is 0. The normalized spacial score (nSPS) is 10.3. The van der Waals surface area contributed by atoms with Crippen LogP contribution in [0.4, 0.5) is 0 Å². The van der Waals surface area contributed by atoms with E-state index in [9.17, 15) is 4.79 Å². The fourth-order valence-electron chi connectivity index (χ4n) is 1.57. The maximum absolute atomic E-state index is 11.4. The number of hydrogen-bond acceptors (Lipinski definition) is 5. The van der Waals surface area contributed by atoms with E-state index in [2.05, 4.69) is 9.97 Å². The van der Waals surface area contributed by atoms with Gasteiger partial charge < -0.3 is 4.74 Å². The summed E-state index contributed by atoms with van der Waals surface area (Å²) < 4.78 is 4.89. The van der Waals surface area contributed by atoms with Crippen LogP contribution in [0.2, 0.25) is 0 Å². The second kappa shape index (κ2) is 5.73. The zero-order chi connectivity index (χ0) is 13.0. The molecule has 0 spiro atoms. The fourth-order valence-corrected chi connectivity index (χ4v) is 2.45. The third kappa shape index (κ3) is 2.92. The van der Waals surface area contributed by atoms with Crippen LogP contribution in [0.15, 0.2) is 23.7 Å². The van der Waals surface area contributed by atoms with E-state index in [0.29, 0.717) is 6.61 Å². The average molecular weight is 262 g/mol. The van der Waals surface area contributed by atoms with E-state index in [1.54, 1.807) is 13.1 Å². The molecular weight excluding hydrogens is 248 g/mol. The van der Waals surface area contributed by atoms with Crippen molar-refractivity contribution >= 4 is 17.3 Å². The number of carbonyl (C=O) groups is 1. The van der Waals surface area contributed by atoms with E-state index in [1.807, 2.05) is 24.4 Å². The van der Waals surface area contributed by atoms with Gasteiger partial charge in [0, 0.05) is 11.6 Å². The van der Waals surface area contributed by atoms with E-state index >= 15 is 0 Å². The van der Waals surface area contributed by atoms with Crippen molar-refractivity contribution in [2.45, 2.75) is 20.3 Å². The van der Waals surface area contributed by atoms with Crippen LogP contribution >= 0.6 is 11.3 Å². The lowest BCUT2D eigenvalue weighted by Crippen LogP contribution is -2.07. The average Bonchev–Trinajstić information content (AvgIpc) is 2.78. The first-order valence-corrected chi connectivity index (χ1v) is 6.60. The van der Waals surface area contributed by atoms with Gasteiger partial charge in [-0.15, -0.1) is 11.3 Å². The molecule has 0 radical (unpaired) electrons. The summed E-state index contributed by atoms with van der Waals surface area (Å²) in [6.07, 6.45) is 1.96. The van der Waals surface area contributed by atoms with E-state index in [4.69, 9.17) is 4.74 Å². The molecule has 4 nitrogen and oxygen atoms in total. The highest BCUT2D eigenvalue weighted by Crippen LogP contribution is 2.24. The maximum Gasteiger partial charge on any atom is 0.311 e. The summed E-state index contributed by atoms with van der Waals surface area (Å²) in [7, 11) is 0. The molecule has 0 fully saturated rings. The van der Waals surface area contributed by atoms with Gasteiger partial charge in [-0.2, -0.15) is 0 Å². The van der Waals surface area contributed by atoms with Gasteiger partial charge in [0.1, 0.15) is 10.7 Å². The molecule has 5 heteroatoms. The molecule has 0 amide bonds. The highest BCUT2D eigenvalue weighted by molar-refractivity contribution is 7.13. The molecular formula is C13H14N2O2S. The zero-order valence-corrected chi connectivity index (χ0v) is 11.2. The molecule has 0 bridgehead atoms. The molecule has 0 aromatic carbocycles. The van der Waals surface area contributed by atoms with Crippen LogP contribution in [0, 0.1) is 6.92 Å². The fraction of sp³-hybridized carbons (Fsp3) is 0.308. The molecule has 2 heterocycles. The lowest BCUT2D eigenvalue weighted by molar-refractivity contribution is -0.142. The molecule has 2 aromatic heterocycles. The Morgan fingerprint density at radius 2 is 2.33 bits per heavy atom. The Bertz CT molecular complexity index is 551. The standard InChI is InChI=1S/C13H14N2O2S/c1-3-17-11(16)7-10-8-18-13(15-10)12-9(2)5-4-6-14-12/h4-6,8H,3,7H2,1-2H3. The Labute approximate surface area is 110 Å². The van der Waals surface area contributed by atoms with Crippen molar-refractivity contribution in [1.82, 2.24) is 9.97 Å². The van der Waals surface area contributed by atoms with Gasteiger partial charge >= 0.3 is 5.97 Å². The summed E-state index contributed by atoms with van der Waals surface area (Å²) in [5.74, 6) is -0.243. The van der Waals surface area contributed by atoms with Crippen molar-refractivity contribution < 1.29 is 9.53 Å². The molecule has 0 aliphatic rings. The predicted molar refractivity (Wildman–Crippen MR) is 70.4 cm³/mol. The predicted octanol–water partition coefficient (Wildman–Crippen LogP) is 2.62. The van der Waals surface area contributed by atoms with Gasteiger partial charge in [0.05, 0.1) is 18.7 Å². The summed E-state index contributed by atoms with van der Waals surface area (Å²) in [6.45, 7) is 4.19. The first kappa shape index (κ1) is 12.7. The topological polar surface area (TPSA) is 52.1 Å². The van der Waals surface area contributed by atoms with Crippen LogP contribution in [-0.4, -0.2) is 22.5 Å². The highest BCUT2D eigenvalue weighted by atomic mass is 32.1. The molecule has 18 heavy (non-hydrogen) atoms. The summed E-state index contributed by atoms with van der Waals surface area (Å²) >= 11 is 1.50. The van der Waals surface area contributed by atoms with Crippen molar-refractivity contribution in [3.8, 4) is 10.7 Å². The van der Waals surface area contributed by atoms with E-state index in [-0.39, 0.29) is 12.4 Å². The number of ether oxygens (including phenoxy) is 1. The Kier molecular flexibility index (Phi) is 4.04. The Morgan fingerprint density at radius 3 is 3.06 bits per heavy atom. The van der Waals surface area contributed by atoms with Gasteiger partial charge in [-0.25, -0.2) is 4.98 Å². The van der Waals surface area contributed by atoms with Crippen LogP contribution in [0.1, 0.15) is 18.2 Å². The third-order valence-electron chi connectivity index (χ3n) is 2.39. The minimum atomic E-state index is -0.243. The largest absolute Gasteiger partial charge is 0.466 e. The number of pyridine rings is 1. The number of nitrogens with zero attached hydrogens (tertiary/aromatic N) is 2. The molecule has 94 valence electrons. The number of esters is 1. The van der Waals surface area contributed by atoms with Crippen LogP contribution in [0.25, 0.3) is 10.7 Å². The minimum absolute atomic E-state index is 0.218. The van der Waals surface area contributed by atoms with Crippen molar-refractivity contribution in [2.24, 2.45) is 0 Å². The van der Waals surface area contributed by atoms with Gasteiger partial charge in [-0.1, -0.05) is 6.07 Å². The number of aromatic nitrogens is 2. The SMILES string of the molecule is CCOC(=O)Cc1csc(-c2ncccc2C)n1. The Hall–Kier alpha value is -1.75. The molecule has 0 aliphatic heterocycles. The van der Waals surface area contributed by atoms with E-state index in [1.165, 1.54) is 11.3 Å². The van der Waals surface area contributed by atoms with Gasteiger partial charge in [-0.05, 0) is 25.5 Å². The number of aryl methyl sites for hydroxylation is 1. The molecule has 0 atom stereocenters. The maximum atomic E-state index is 11.4.